The van der Waals surface area contributed by atoms with Crippen molar-refractivity contribution in [3.8, 4) is 0 Å². The third-order valence-electron chi connectivity index (χ3n) is 10.4. The van der Waals surface area contributed by atoms with Gasteiger partial charge in [-0.2, -0.15) is 0 Å². The van der Waals surface area contributed by atoms with Crippen LogP contribution in [0.1, 0.15) is 200 Å². The lowest BCUT2D eigenvalue weighted by Gasteiger charge is -2.28. The van der Waals surface area contributed by atoms with Gasteiger partial charge in [0.25, 0.3) is 7.82 Å². The van der Waals surface area contributed by atoms with Crippen molar-refractivity contribution in [2.45, 2.75) is 206 Å². The van der Waals surface area contributed by atoms with Crippen LogP contribution in [-0.4, -0.2) is 70.0 Å². The molecule has 1 rings (SSSR count). The second-order valence-corrected chi connectivity index (χ2v) is 18.0. The van der Waals surface area contributed by atoms with Crippen LogP contribution in [0.2, 0.25) is 0 Å². The number of carbonyl (C=O) groups excluding carboxylic acids is 2. The van der Waals surface area contributed by atoms with Gasteiger partial charge < -0.3 is 27.9 Å². The van der Waals surface area contributed by atoms with Crippen molar-refractivity contribution < 1.29 is 42.1 Å². The van der Waals surface area contributed by atoms with Crippen LogP contribution < -0.4 is 4.89 Å². The first-order valence-corrected chi connectivity index (χ1v) is 23.2. The van der Waals surface area contributed by atoms with Gasteiger partial charge in [0, 0.05) is 12.8 Å². The number of esters is 2. The Labute approximate surface area is 320 Å². The van der Waals surface area contributed by atoms with E-state index >= 15 is 0 Å². The van der Waals surface area contributed by atoms with Crippen LogP contribution in [0.4, 0.5) is 0 Å². The smallest absolute Gasteiger partial charge is 0.306 e. The summed E-state index contributed by atoms with van der Waals surface area (Å²) in [7, 11) is 1.18. The van der Waals surface area contributed by atoms with Gasteiger partial charge in [-0.25, -0.2) is 0 Å². The second kappa shape index (κ2) is 32.3. The van der Waals surface area contributed by atoms with Crippen molar-refractivity contribution in [3.05, 3.63) is 0 Å². The predicted octanol–water partition coefficient (Wildman–Crippen LogP) is 11.0. The number of hydrogen-bond acceptors (Lipinski definition) is 8. The van der Waals surface area contributed by atoms with Gasteiger partial charge in [0.05, 0.1) is 27.7 Å². The Morgan fingerprint density at radius 2 is 1.10 bits per heavy atom. The molecule has 0 heterocycles. The van der Waals surface area contributed by atoms with E-state index in [9.17, 15) is 19.0 Å². The number of quaternary nitrogens is 1. The minimum absolute atomic E-state index is 0.0246. The first-order chi connectivity index (χ1) is 25.0. The minimum atomic E-state index is -4.61. The molecule has 2 atom stereocenters. The number of ether oxygens (including phenoxy) is 2. The molecule has 1 unspecified atom stereocenters. The molecular formula is C42H82NO8P. The normalized spacial score (nSPS) is 15.9. The second-order valence-electron chi connectivity index (χ2n) is 16.6. The van der Waals surface area contributed by atoms with Crippen LogP contribution in [0.15, 0.2) is 0 Å². The fourth-order valence-electron chi connectivity index (χ4n) is 6.96. The van der Waals surface area contributed by atoms with Crippen molar-refractivity contribution >= 4 is 19.8 Å². The Bertz CT molecular complexity index is 903. The summed E-state index contributed by atoms with van der Waals surface area (Å²) in [5.41, 5.74) is 0. The molecule has 0 spiro atoms. The lowest BCUT2D eigenvalue weighted by molar-refractivity contribution is -0.870. The average molecular weight is 760 g/mol. The molecule has 1 saturated carbocycles. The topological polar surface area (TPSA) is 111 Å². The molecule has 0 aromatic carbocycles. The minimum Gasteiger partial charge on any atom is -0.756 e. The van der Waals surface area contributed by atoms with Gasteiger partial charge >= 0.3 is 11.9 Å². The highest BCUT2D eigenvalue weighted by Gasteiger charge is 2.22. The Kier molecular flexibility index (Phi) is 30.4. The summed E-state index contributed by atoms with van der Waals surface area (Å²) in [6.07, 6.45) is 34.6. The predicted molar refractivity (Wildman–Crippen MR) is 211 cm³/mol. The number of phosphoric ester groups is 1. The van der Waals surface area contributed by atoms with Gasteiger partial charge in [-0.1, -0.05) is 174 Å². The summed E-state index contributed by atoms with van der Waals surface area (Å²) >= 11 is 0. The zero-order chi connectivity index (χ0) is 38.2. The van der Waals surface area contributed by atoms with Crippen molar-refractivity contribution in [2.75, 3.05) is 47.5 Å². The maximum atomic E-state index is 12.6. The van der Waals surface area contributed by atoms with E-state index in [1.54, 1.807) is 0 Å². The Balaban J connectivity index is 2.28. The van der Waals surface area contributed by atoms with Crippen LogP contribution in [0.25, 0.3) is 0 Å². The van der Waals surface area contributed by atoms with E-state index in [4.69, 9.17) is 18.5 Å². The highest BCUT2D eigenvalue weighted by molar-refractivity contribution is 7.45. The summed E-state index contributed by atoms with van der Waals surface area (Å²) in [6, 6.07) is 0. The van der Waals surface area contributed by atoms with Crippen molar-refractivity contribution in [1.82, 2.24) is 0 Å². The molecule has 10 heteroatoms. The summed E-state index contributed by atoms with van der Waals surface area (Å²) in [6.45, 7) is 2.00. The van der Waals surface area contributed by atoms with E-state index in [2.05, 4.69) is 6.92 Å². The first kappa shape index (κ1) is 49.0. The van der Waals surface area contributed by atoms with Gasteiger partial charge in [0.1, 0.15) is 19.8 Å². The summed E-state index contributed by atoms with van der Waals surface area (Å²) in [5, 5.41) is 0. The van der Waals surface area contributed by atoms with Crippen molar-refractivity contribution in [2.24, 2.45) is 5.92 Å². The van der Waals surface area contributed by atoms with Gasteiger partial charge in [-0.3, -0.25) is 14.2 Å². The molecule has 9 nitrogen and oxygen atoms in total. The van der Waals surface area contributed by atoms with E-state index in [0.717, 1.165) is 38.0 Å². The Morgan fingerprint density at radius 1 is 0.635 bits per heavy atom. The molecule has 52 heavy (non-hydrogen) atoms. The number of hydrogen-bond donors (Lipinski definition) is 0. The lowest BCUT2D eigenvalue weighted by atomic mass is 9.93. The van der Waals surface area contributed by atoms with Crippen molar-refractivity contribution in [3.63, 3.8) is 0 Å². The zero-order valence-electron chi connectivity index (χ0n) is 34.4. The van der Waals surface area contributed by atoms with Gasteiger partial charge in [0.15, 0.2) is 6.10 Å². The lowest BCUT2D eigenvalue weighted by Crippen LogP contribution is -2.37. The number of unbranched alkanes of at least 4 members (excludes halogenated alkanes) is 19. The molecule has 0 bridgehead atoms. The number of likely N-dealkylation sites (N-methyl/N-ethyl adjacent to an activating group) is 1. The van der Waals surface area contributed by atoms with Gasteiger partial charge in [0.2, 0.25) is 0 Å². The van der Waals surface area contributed by atoms with E-state index in [-0.39, 0.29) is 32.0 Å². The Morgan fingerprint density at radius 3 is 1.60 bits per heavy atom. The van der Waals surface area contributed by atoms with Crippen LogP contribution >= 0.6 is 7.82 Å². The molecule has 0 aliphatic heterocycles. The molecule has 1 fully saturated rings. The standard InChI is InChI=1S/C42H82NO8P/c1-5-6-7-8-9-10-11-12-13-14-19-22-29-34-42(45)51-40(38-50-52(46,47)49-36-35-43(2,3)4)37-48-41(44)33-28-21-18-16-15-17-20-25-30-39-31-26-23-24-27-32-39/h39-40H,5-38H2,1-4H3/t40-/m1/s1. The largest absolute Gasteiger partial charge is 0.756 e. The summed E-state index contributed by atoms with van der Waals surface area (Å²) < 4.78 is 33.9. The number of rotatable bonds is 35. The summed E-state index contributed by atoms with van der Waals surface area (Å²) in [4.78, 5) is 37.5. The van der Waals surface area contributed by atoms with Crippen LogP contribution in [0, 0.1) is 5.92 Å². The summed E-state index contributed by atoms with van der Waals surface area (Å²) in [5.74, 6) is 0.153. The van der Waals surface area contributed by atoms with E-state index in [1.807, 2.05) is 21.1 Å². The van der Waals surface area contributed by atoms with Crippen molar-refractivity contribution in [1.29, 1.82) is 0 Å². The molecule has 0 aromatic rings. The molecule has 0 aromatic heterocycles. The number of carbonyl (C=O) groups is 2. The fourth-order valence-corrected chi connectivity index (χ4v) is 7.69. The molecule has 308 valence electrons. The highest BCUT2D eigenvalue weighted by atomic mass is 31.2. The Hall–Kier alpha value is -0.990. The fraction of sp³-hybridized carbons (Fsp3) is 0.952. The van der Waals surface area contributed by atoms with Crippen LogP contribution in [-0.2, 0) is 32.7 Å². The van der Waals surface area contributed by atoms with Gasteiger partial charge in [-0.05, 0) is 18.8 Å². The van der Waals surface area contributed by atoms with Crippen LogP contribution in [0.5, 0.6) is 0 Å². The molecule has 1 aliphatic carbocycles. The maximum absolute atomic E-state index is 12.6. The third-order valence-corrected chi connectivity index (χ3v) is 11.3. The van der Waals surface area contributed by atoms with E-state index in [1.165, 1.54) is 141 Å². The first-order valence-electron chi connectivity index (χ1n) is 21.8. The quantitative estimate of drug-likeness (QED) is 0.0206. The highest BCUT2D eigenvalue weighted by Crippen LogP contribution is 2.38. The molecule has 0 radical (unpaired) electrons. The van der Waals surface area contributed by atoms with E-state index < -0.39 is 26.5 Å². The maximum Gasteiger partial charge on any atom is 0.306 e. The monoisotopic (exact) mass is 760 g/mol. The molecule has 0 amide bonds. The third kappa shape index (κ3) is 32.4. The molecule has 0 saturated heterocycles. The molecule has 0 N–H and O–H groups in total. The zero-order valence-corrected chi connectivity index (χ0v) is 35.3. The number of phosphoric acid groups is 1. The molecule has 1 aliphatic rings. The molecular weight excluding hydrogens is 677 g/mol. The number of nitrogens with zero attached hydrogens (tertiary/aromatic N) is 1. The van der Waals surface area contributed by atoms with Gasteiger partial charge in [-0.15, -0.1) is 0 Å². The average Bonchev–Trinajstić information content (AvgIpc) is 3.37. The van der Waals surface area contributed by atoms with Crippen LogP contribution in [0.3, 0.4) is 0 Å². The van der Waals surface area contributed by atoms with E-state index in [0.29, 0.717) is 17.4 Å². The SMILES string of the molecule is CCCCCCCCCCCCCCCC(=O)O[C@H](COC(=O)CCCCCCCCCCC1CCCCCC1)COP(=O)([O-])OCC[N+](C)(C)C.